The number of nitrogens with zero attached hydrogens (tertiary/aromatic N) is 2. The van der Waals surface area contributed by atoms with Gasteiger partial charge in [-0.25, -0.2) is 0 Å². The van der Waals surface area contributed by atoms with E-state index in [-0.39, 0.29) is 16.5 Å². The first-order valence-corrected chi connectivity index (χ1v) is 6.84. The second-order valence-electron chi connectivity index (χ2n) is 5.02. The van der Waals surface area contributed by atoms with Crippen molar-refractivity contribution in [2.45, 2.75) is 26.2 Å². The number of nitro groups is 1. The molecule has 6 heteroatoms. The van der Waals surface area contributed by atoms with E-state index in [0.29, 0.717) is 12.0 Å². The van der Waals surface area contributed by atoms with Gasteiger partial charge in [-0.3, -0.25) is 14.9 Å². The van der Waals surface area contributed by atoms with Gasteiger partial charge in [0.2, 0.25) is 5.91 Å². The standard InChI is InChI=1S/C14H19N3O3/c1-11-10-12(5-6-13(11)17(19)20)15-7-3-9-16-8-2-4-14(16)18/h5-6,10,15H,2-4,7-9H2,1H3. The Balaban J connectivity index is 1.78. The molecule has 0 atom stereocenters. The summed E-state index contributed by atoms with van der Waals surface area (Å²) in [6.45, 7) is 4.13. The molecule has 1 heterocycles. The molecule has 6 nitrogen and oxygen atoms in total. The predicted octanol–water partition coefficient (Wildman–Crippen LogP) is 2.33. The van der Waals surface area contributed by atoms with Gasteiger partial charge < -0.3 is 10.2 Å². The SMILES string of the molecule is Cc1cc(NCCCN2CCCC2=O)ccc1[N+](=O)[O-]. The third-order valence-electron chi connectivity index (χ3n) is 3.50. The number of aryl methyl sites for hydroxylation is 1. The van der Waals surface area contributed by atoms with E-state index >= 15 is 0 Å². The van der Waals surface area contributed by atoms with E-state index < -0.39 is 0 Å². The Kier molecular flexibility index (Phi) is 4.55. The van der Waals surface area contributed by atoms with Crippen molar-refractivity contribution in [3.05, 3.63) is 33.9 Å². The van der Waals surface area contributed by atoms with E-state index in [4.69, 9.17) is 0 Å². The maximum atomic E-state index is 11.4. The quantitative estimate of drug-likeness (QED) is 0.492. The molecule has 1 amide bonds. The van der Waals surface area contributed by atoms with E-state index in [1.807, 2.05) is 4.90 Å². The summed E-state index contributed by atoms with van der Waals surface area (Å²) in [5, 5.41) is 13.9. The second-order valence-corrected chi connectivity index (χ2v) is 5.02. The van der Waals surface area contributed by atoms with Crippen molar-refractivity contribution < 1.29 is 9.72 Å². The zero-order chi connectivity index (χ0) is 14.5. The van der Waals surface area contributed by atoms with Crippen LogP contribution >= 0.6 is 0 Å². The Morgan fingerprint density at radius 2 is 2.25 bits per heavy atom. The molecule has 0 aliphatic carbocycles. The molecule has 0 radical (unpaired) electrons. The van der Waals surface area contributed by atoms with Crippen molar-refractivity contribution in [1.29, 1.82) is 0 Å². The van der Waals surface area contributed by atoms with Crippen LogP contribution in [0.25, 0.3) is 0 Å². The monoisotopic (exact) mass is 277 g/mol. The zero-order valence-corrected chi connectivity index (χ0v) is 11.6. The fourth-order valence-corrected chi connectivity index (χ4v) is 2.41. The molecular weight excluding hydrogens is 258 g/mol. The van der Waals surface area contributed by atoms with Crippen LogP contribution in [-0.2, 0) is 4.79 Å². The van der Waals surface area contributed by atoms with Crippen molar-refractivity contribution in [1.82, 2.24) is 4.90 Å². The number of rotatable bonds is 6. The first-order chi connectivity index (χ1) is 9.58. The van der Waals surface area contributed by atoms with Crippen LogP contribution in [-0.4, -0.2) is 35.4 Å². The second kappa shape index (κ2) is 6.36. The van der Waals surface area contributed by atoms with Gasteiger partial charge in [0.05, 0.1) is 4.92 Å². The molecule has 1 aliphatic rings. The first kappa shape index (κ1) is 14.3. The van der Waals surface area contributed by atoms with E-state index in [1.54, 1.807) is 19.1 Å². The summed E-state index contributed by atoms with van der Waals surface area (Å²) < 4.78 is 0. The molecular formula is C14H19N3O3. The molecule has 108 valence electrons. The smallest absolute Gasteiger partial charge is 0.272 e. The Bertz CT molecular complexity index is 516. The molecule has 0 spiro atoms. The normalized spacial score (nSPS) is 14.7. The summed E-state index contributed by atoms with van der Waals surface area (Å²) in [5.74, 6) is 0.246. The van der Waals surface area contributed by atoms with Crippen molar-refractivity contribution in [3.8, 4) is 0 Å². The van der Waals surface area contributed by atoms with Gasteiger partial charge in [-0.15, -0.1) is 0 Å². The predicted molar refractivity (Wildman–Crippen MR) is 76.8 cm³/mol. The molecule has 0 aromatic heterocycles. The number of likely N-dealkylation sites (tertiary alicyclic amines) is 1. The summed E-state index contributed by atoms with van der Waals surface area (Å²) in [6.07, 6.45) is 2.52. The minimum atomic E-state index is -0.377. The Hall–Kier alpha value is -2.11. The number of anilines is 1. The molecule has 1 fully saturated rings. The lowest BCUT2D eigenvalue weighted by atomic mass is 10.2. The van der Waals surface area contributed by atoms with Crippen LogP contribution in [0, 0.1) is 17.0 Å². The van der Waals surface area contributed by atoms with Crippen molar-refractivity contribution in [3.63, 3.8) is 0 Å². The van der Waals surface area contributed by atoms with Gasteiger partial charge in [0, 0.05) is 43.4 Å². The average molecular weight is 277 g/mol. The fourth-order valence-electron chi connectivity index (χ4n) is 2.41. The number of hydrogen-bond donors (Lipinski definition) is 1. The third-order valence-corrected chi connectivity index (χ3v) is 3.50. The fraction of sp³-hybridized carbons (Fsp3) is 0.500. The number of carbonyl (C=O) groups is 1. The average Bonchev–Trinajstić information content (AvgIpc) is 2.80. The number of nitro benzene ring substituents is 1. The number of carbonyl (C=O) groups excluding carboxylic acids is 1. The van der Waals surface area contributed by atoms with Gasteiger partial charge in [0.15, 0.2) is 0 Å². The molecule has 1 aromatic carbocycles. The molecule has 1 aliphatic heterocycles. The lowest BCUT2D eigenvalue weighted by molar-refractivity contribution is -0.385. The molecule has 2 rings (SSSR count). The van der Waals surface area contributed by atoms with E-state index in [2.05, 4.69) is 5.32 Å². The van der Waals surface area contributed by atoms with E-state index in [1.165, 1.54) is 6.07 Å². The van der Waals surface area contributed by atoms with Crippen LogP contribution in [0.4, 0.5) is 11.4 Å². The van der Waals surface area contributed by atoms with Crippen molar-refractivity contribution >= 4 is 17.3 Å². The Morgan fingerprint density at radius 1 is 1.45 bits per heavy atom. The summed E-state index contributed by atoms with van der Waals surface area (Å²) in [4.78, 5) is 23.7. The third kappa shape index (κ3) is 3.46. The lowest BCUT2D eigenvalue weighted by Crippen LogP contribution is -2.26. The van der Waals surface area contributed by atoms with Crippen LogP contribution in [0.1, 0.15) is 24.8 Å². The largest absolute Gasteiger partial charge is 0.385 e. The Labute approximate surface area is 117 Å². The summed E-state index contributed by atoms with van der Waals surface area (Å²) >= 11 is 0. The van der Waals surface area contributed by atoms with Gasteiger partial charge in [-0.2, -0.15) is 0 Å². The Morgan fingerprint density at radius 3 is 2.85 bits per heavy atom. The maximum Gasteiger partial charge on any atom is 0.272 e. The highest BCUT2D eigenvalue weighted by molar-refractivity contribution is 5.78. The molecule has 0 saturated carbocycles. The van der Waals surface area contributed by atoms with Crippen LogP contribution in [0.2, 0.25) is 0 Å². The maximum absolute atomic E-state index is 11.4. The summed E-state index contributed by atoms with van der Waals surface area (Å²) in [5.41, 5.74) is 1.66. The van der Waals surface area contributed by atoms with Gasteiger partial charge in [0.1, 0.15) is 0 Å². The zero-order valence-electron chi connectivity index (χ0n) is 11.6. The summed E-state index contributed by atoms with van der Waals surface area (Å²) in [6, 6.07) is 5.01. The first-order valence-electron chi connectivity index (χ1n) is 6.84. The number of nitrogens with one attached hydrogen (secondary N) is 1. The minimum Gasteiger partial charge on any atom is -0.385 e. The lowest BCUT2D eigenvalue weighted by Gasteiger charge is -2.15. The highest BCUT2D eigenvalue weighted by Crippen LogP contribution is 2.21. The van der Waals surface area contributed by atoms with Gasteiger partial charge in [-0.05, 0) is 31.9 Å². The number of amides is 1. The van der Waals surface area contributed by atoms with Gasteiger partial charge in [0.25, 0.3) is 5.69 Å². The van der Waals surface area contributed by atoms with Crippen LogP contribution in [0.15, 0.2) is 18.2 Å². The highest BCUT2D eigenvalue weighted by atomic mass is 16.6. The van der Waals surface area contributed by atoms with Crippen molar-refractivity contribution in [2.24, 2.45) is 0 Å². The van der Waals surface area contributed by atoms with E-state index in [0.717, 1.165) is 38.2 Å². The minimum absolute atomic E-state index is 0.137. The molecule has 1 saturated heterocycles. The molecule has 1 N–H and O–H groups in total. The van der Waals surface area contributed by atoms with Crippen molar-refractivity contribution in [2.75, 3.05) is 25.0 Å². The van der Waals surface area contributed by atoms with Crippen LogP contribution < -0.4 is 5.32 Å². The van der Waals surface area contributed by atoms with Crippen LogP contribution in [0.5, 0.6) is 0 Å². The van der Waals surface area contributed by atoms with Gasteiger partial charge in [-0.1, -0.05) is 0 Å². The summed E-state index contributed by atoms with van der Waals surface area (Å²) in [7, 11) is 0. The number of benzene rings is 1. The van der Waals surface area contributed by atoms with E-state index in [9.17, 15) is 14.9 Å². The highest BCUT2D eigenvalue weighted by Gasteiger charge is 2.18. The number of hydrogen-bond acceptors (Lipinski definition) is 4. The topological polar surface area (TPSA) is 75.5 Å². The molecule has 0 unspecified atom stereocenters. The van der Waals surface area contributed by atoms with Crippen LogP contribution in [0.3, 0.4) is 0 Å². The molecule has 0 bridgehead atoms. The van der Waals surface area contributed by atoms with Gasteiger partial charge >= 0.3 is 0 Å². The molecule has 1 aromatic rings. The molecule has 20 heavy (non-hydrogen) atoms.